The summed E-state index contributed by atoms with van der Waals surface area (Å²) in [6, 6.07) is 13.2. The quantitative estimate of drug-likeness (QED) is 0.470. The van der Waals surface area contributed by atoms with E-state index in [9.17, 15) is 4.79 Å². The first kappa shape index (κ1) is 21.0. The van der Waals surface area contributed by atoms with Crippen LogP contribution in [0.1, 0.15) is 23.4 Å². The van der Waals surface area contributed by atoms with Gasteiger partial charge in [-0.1, -0.05) is 23.7 Å². The first-order chi connectivity index (χ1) is 14.0. The van der Waals surface area contributed by atoms with Crippen molar-refractivity contribution in [2.75, 3.05) is 20.3 Å². The van der Waals surface area contributed by atoms with Crippen molar-refractivity contribution in [3.63, 3.8) is 0 Å². The van der Waals surface area contributed by atoms with Gasteiger partial charge in [-0.15, -0.1) is 0 Å². The van der Waals surface area contributed by atoms with Gasteiger partial charge < -0.3 is 9.47 Å². The van der Waals surface area contributed by atoms with E-state index in [0.29, 0.717) is 43.4 Å². The second-order valence-electron chi connectivity index (χ2n) is 6.73. The number of rotatable bonds is 10. The number of halogens is 1. The Morgan fingerprint density at radius 2 is 2.03 bits per heavy atom. The number of Topliss-reactive ketones (excluding diaryl/α,β-unsaturated/α-hetero) is 1. The van der Waals surface area contributed by atoms with Gasteiger partial charge in [-0.3, -0.25) is 4.79 Å². The minimum atomic E-state index is 0.149. The van der Waals surface area contributed by atoms with Gasteiger partial charge in [-0.25, -0.2) is 9.67 Å². The van der Waals surface area contributed by atoms with Crippen molar-refractivity contribution in [3.05, 3.63) is 70.6 Å². The van der Waals surface area contributed by atoms with Gasteiger partial charge in [0, 0.05) is 42.9 Å². The van der Waals surface area contributed by atoms with Crippen LogP contribution in [0.25, 0.3) is 5.69 Å². The topological polar surface area (TPSA) is 66.2 Å². The molecule has 29 heavy (non-hydrogen) atoms. The summed E-state index contributed by atoms with van der Waals surface area (Å²) in [5, 5.41) is 5.19. The fourth-order valence-electron chi connectivity index (χ4n) is 2.98. The number of carbonyl (C=O) groups is 1. The van der Waals surface area contributed by atoms with E-state index in [2.05, 4.69) is 10.1 Å². The molecular formula is C22H24ClN3O3. The van der Waals surface area contributed by atoms with Crippen molar-refractivity contribution in [2.24, 2.45) is 0 Å². The molecule has 2 heterocycles. The highest BCUT2D eigenvalue weighted by Gasteiger charge is 2.11. The Morgan fingerprint density at radius 3 is 2.76 bits per heavy atom. The molecule has 3 rings (SSSR count). The van der Waals surface area contributed by atoms with Gasteiger partial charge in [-0.2, -0.15) is 5.10 Å². The van der Waals surface area contributed by atoms with Crippen LogP contribution in [-0.4, -0.2) is 40.9 Å². The molecule has 6 nitrogen and oxygen atoms in total. The standard InChI is InChI=1S/C22H24ClN3O3/c1-16-12-20(26(25-16)19-5-3-4-18(23)14-19)7-8-21(27)13-17-6-9-22(24-15-17)29-11-10-28-2/h3-6,9,12,14-15H,7-8,10-11,13H2,1-2H3. The average Bonchev–Trinajstić information content (AvgIpc) is 3.09. The third-order valence-electron chi connectivity index (χ3n) is 4.35. The van der Waals surface area contributed by atoms with Crippen molar-refractivity contribution in [1.82, 2.24) is 14.8 Å². The van der Waals surface area contributed by atoms with Gasteiger partial charge >= 0.3 is 0 Å². The maximum absolute atomic E-state index is 12.5. The second-order valence-corrected chi connectivity index (χ2v) is 7.17. The van der Waals surface area contributed by atoms with Gasteiger partial charge in [-0.05, 0) is 43.2 Å². The van der Waals surface area contributed by atoms with E-state index in [0.717, 1.165) is 22.6 Å². The molecule has 2 aromatic heterocycles. The highest BCUT2D eigenvalue weighted by molar-refractivity contribution is 6.30. The molecule has 0 amide bonds. The second kappa shape index (κ2) is 10.2. The van der Waals surface area contributed by atoms with Crippen molar-refractivity contribution in [3.8, 4) is 11.6 Å². The molecule has 0 saturated carbocycles. The smallest absolute Gasteiger partial charge is 0.213 e. The fraction of sp³-hybridized carbons (Fsp3) is 0.318. The fourth-order valence-corrected chi connectivity index (χ4v) is 3.16. The third kappa shape index (κ3) is 6.14. The van der Waals surface area contributed by atoms with Crippen LogP contribution in [0.15, 0.2) is 48.7 Å². The normalized spacial score (nSPS) is 10.9. The Balaban J connectivity index is 1.57. The van der Waals surface area contributed by atoms with Crippen molar-refractivity contribution >= 4 is 17.4 Å². The number of methoxy groups -OCH3 is 1. The predicted molar refractivity (Wildman–Crippen MR) is 112 cm³/mol. The van der Waals surface area contributed by atoms with Crippen molar-refractivity contribution in [1.29, 1.82) is 0 Å². The first-order valence-corrected chi connectivity index (χ1v) is 9.83. The van der Waals surface area contributed by atoms with E-state index in [-0.39, 0.29) is 5.78 Å². The maximum Gasteiger partial charge on any atom is 0.213 e. The first-order valence-electron chi connectivity index (χ1n) is 9.45. The van der Waals surface area contributed by atoms with E-state index >= 15 is 0 Å². The van der Waals surface area contributed by atoms with Gasteiger partial charge in [0.05, 0.1) is 18.0 Å². The van der Waals surface area contributed by atoms with Crippen LogP contribution in [-0.2, 0) is 22.4 Å². The van der Waals surface area contributed by atoms with Crippen molar-refractivity contribution < 1.29 is 14.3 Å². The van der Waals surface area contributed by atoms with Crippen LogP contribution in [0.5, 0.6) is 5.88 Å². The molecule has 7 heteroatoms. The minimum Gasteiger partial charge on any atom is -0.475 e. The Bertz CT molecular complexity index is 954. The molecule has 0 bridgehead atoms. The van der Waals surface area contributed by atoms with Gasteiger partial charge in [0.25, 0.3) is 0 Å². The Hall–Kier alpha value is -2.70. The molecule has 0 fully saturated rings. The molecule has 0 spiro atoms. The number of ether oxygens (including phenoxy) is 2. The number of hydrogen-bond acceptors (Lipinski definition) is 5. The zero-order chi connectivity index (χ0) is 20.6. The van der Waals surface area contributed by atoms with Crippen molar-refractivity contribution in [2.45, 2.75) is 26.2 Å². The molecule has 0 aliphatic carbocycles. The van der Waals surface area contributed by atoms with Crippen LogP contribution >= 0.6 is 11.6 Å². The lowest BCUT2D eigenvalue weighted by molar-refractivity contribution is -0.118. The Kier molecular flexibility index (Phi) is 7.38. The summed E-state index contributed by atoms with van der Waals surface area (Å²) >= 11 is 6.10. The highest BCUT2D eigenvalue weighted by Crippen LogP contribution is 2.18. The molecule has 3 aromatic rings. The predicted octanol–water partition coefficient (Wildman–Crippen LogP) is 4.00. The minimum absolute atomic E-state index is 0.149. The number of carbonyl (C=O) groups excluding carboxylic acids is 1. The number of ketones is 1. The van der Waals surface area contributed by atoms with Crippen LogP contribution < -0.4 is 4.74 Å². The lowest BCUT2D eigenvalue weighted by atomic mass is 10.1. The molecule has 0 aliphatic heterocycles. The largest absolute Gasteiger partial charge is 0.475 e. The summed E-state index contributed by atoms with van der Waals surface area (Å²) in [6.45, 7) is 2.89. The molecule has 1 aromatic carbocycles. The van der Waals surface area contributed by atoms with E-state index in [4.69, 9.17) is 21.1 Å². The molecule has 152 valence electrons. The van der Waals surface area contributed by atoms with E-state index in [1.54, 1.807) is 19.4 Å². The lowest BCUT2D eigenvalue weighted by Crippen LogP contribution is -2.08. The highest BCUT2D eigenvalue weighted by atomic mass is 35.5. The summed E-state index contributed by atoms with van der Waals surface area (Å²) in [4.78, 5) is 16.7. The number of hydrogen-bond donors (Lipinski definition) is 0. The van der Waals surface area contributed by atoms with E-state index in [1.165, 1.54) is 0 Å². The maximum atomic E-state index is 12.5. The number of aryl methyl sites for hydroxylation is 2. The van der Waals surface area contributed by atoms with Gasteiger partial charge in [0.15, 0.2) is 0 Å². The molecule has 0 saturated heterocycles. The summed E-state index contributed by atoms with van der Waals surface area (Å²) < 4.78 is 12.2. The number of pyridine rings is 1. The Morgan fingerprint density at radius 1 is 1.17 bits per heavy atom. The number of nitrogens with zero attached hydrogens (tertiary/aromatic N) is 3. The monoisotopic (exact) mass is 413 g/mol. The molecule has 0 atom stereocenters. The average molecular weight is 414 g/mol. The van der Waals surface area contributed by atoms with E-state index in [1.807, 2.05) is 48.0 Å². The molecule has 0 N–H and O–H groups in total. The SMILES string of the molecule is COCCOc1ccc(CC(=O)CCc2cc(C)nn2-c2cccc(Cl)c2)cn1. The molecule has 0 unspecified atom stereocenters. The molecule has 0 radical (unpaired) electrons. The van der Waals surface area contributed by atoms with E-state index < -0.39 is 0 Å². The van der Waals surface area contributed by atoms with Crippen LogP contribution in [0, 0.1) is 6.92 Å². The summed E-state index contributed by atoms with van der Waals surface area (Å²) in [5.74, 6) is 0.676. The number of benzene rings is 1. The molecular weight excluding hydrogens is 390 g/mol. The summed E-state index contributed by atoms with van der Waals surface area (Å²) in [5.41, 5.74) is 3.65. The zero-order valence-electron chi connectivity index (χ0n) is 16.6. The summed E-state index contributed by atoms with van der Waals surface area (Å²) in [6.07, 6.45) is 3.06. The van der Waals surface area contributed by atoms with Gasteiger partial charge in [0.2, 0.25) is 5.88 Å². The van der Waals surface area contributed by atoms with Crippen LogP contribution in [0.3, 0.4) is 0 Å². The van der Waals surface area contributed by atoms with Crippen LogP contribution in [0.2, 0.25) is 5.02 Å². The Labute approximate surface area is 175 Å². The molecule has 0 aliphatic rings. The van der Waals surface area contributed by atoms with Gasteiger partial charge in [0.1, 0.15) is 12.4 Å². The van der Waals surface area contributed by atoms with Crippen LogP contribution in [0.4, 0.5) is 0 Å². The third-order valence-corrected chi connectivity index (χ3v) is 4.59. The number of aromatic nitrogens is 3. The summed E-state index contributed by atoms with van der Waals surface area (Å²) in [7, 11) is 1.62. The lowest BCUT2D eigenvalue weighted by Gasteiger charge is -2.08. The zero-order valence-corrected chi connectivity index (χ0v) is 17.4.